The monoisotopic (exact) mass is 364 g/mol. The lowest BCUT2D eigenvalue weighted by Crippen LogP contribution is -2.41. The Morgan fingerprint density at radius 3 is 2.54 bits per heavy atom. The lowest BCUT2D eigenvalue weighted by molar-refractivity contribution is -0.123. The molecule has 0 amide bonds. The molecule has 1 aliphatic carbocycles. The fourth-order valence-corrected chi connectivity index (χ4v) is 4.88. The zero-order valence-electron chi connectivity index (χ0n) is 13.7. The van der Waals surface area contributed by atoms with E-state index in [0.717, 1.165) is 37.7 Å². The topological polar surface area (TPSA) is 57.9 Å². The Labute approximate surface area is 150 Å². The molecule has 1 aromatic heterocycles. The Morgan fingerprint density at radius 1 is 1.29 bits per heavy atom. The zero-order valence-corrected chi connectivity index (χ0v) is 15.3. The number of imidazole rings is 1. The Balaban J connectivity index is 1.87. The van der Waals surface area contributed by atoms with Gasteiger partial charge in [-0.3, -0.25) is 9.36 Å². The standard InChI is InChI=1S/C18H21ClN2O2S/c1-21-12-11-20-17(21)24(23)13-16(22)18(9-3-2-4-10-18)14-5-7-15(19)8-6-14/h5-8,11-12H,2-4,9-10,13H2,1H3. The summed E-state index contributed by atoms with van der Waals surface area (Å²) in [5, 5.41) is 1.11. The van der Waals surface area contributed by atoms with E-state index < -0.39 is 16.6 Å². The number of hydrogen-bond acceptors (Lipinski definition) is 3. The number of hydrogen-bond donors (Lipinski definition) is 0. The molecular formula is C18H21ClN2O2S. The van der Waals surface area contributed by atoms with Crippen molar-refractivity contribution in [1.29, 1.82) is 0 Å². The average Bonchev–Trinajstić information content (AvgIpc) is 3.02. The van der Waals surface area contributed by atoms with Crippen molar-refractivity contribution in [3.8, 4) is 0 Å². The highest BCUT2D eigenvalue weighted by molar-refractivity contribution is 7.92. The van der Waals surface area contributed by atoms with Crippen LogP contribution < -0.4 is 0 Å². The molecule has 1 saturated carbocycles. The summed E-state index contributed by atoms with van der Waals surface area (Å²) < 4.78 is 14.3. The normalized spacial score (nSPS) is 18.3. The second kappa shape index (κ2) is 7.30. The third-order valence-corrected chi connectivity index (χ3v) is 6.46. The molecule has 0 N–H and O–H groups in total. The van der Waals surface area contributed by atoms with Gasteiger partial charge in [0.15, 0.2) is 11.5 Å². The molecule has 1 atom stereocenters. The van der Waals surface area contributed by atoms with Gasteiger partial charge in [-0.05, 0) is 30.5 Å². The molecule has 1 aromatic carbocycles. The van der Waals surface area contributed by atoms with Crippen molar-refractivity contribution in [2.75, 3.05) is 5.75 Å². The van der Waals surface area contributed by atoms with Gasteiger partial charge in [-0.15, -0.1) is 0 Å². The number of carbonyl (C=O) groups is 1. The minimum atomic E-state index is -1.42. The number of nitrogens with zero attached hydrogens (tertiary/aromatic N) is 2. The molecular weight excluding hydrogens is 344 g/mol. The van der Waals surface area contributed by atoms with Gasteiger partial charge >= 0.3 is 5.16 Å². The van der Waals surface area contributed by atoms with Crippen LogP contribution in [0.3, 0.4) is 0 Å². The number of aryl methyl sites for hydroxylation is 1. The maximum Gasteiger partial charge on any atom is 0.323 e. The van der Waals surface area contributed by atoms with Crippen LogP contribution in [-0.2, 0) is 28.4 Å². The first-order valence-corrected chi connectivity index (χ1v) is 9.88. The fourth-order valence-electron chi connectivity index (χ4n) is 3.55. The maximum atomic E-state index is 13.2. The molecule has 0 bridgehead atoms. The van der Waals surface area contributed by atoms with Gasteiger partial charge in [0.05, 0.1) is 11.6 Å². The predicted molar refractivity (Wildman–Crippen MR) is 95.7 cm³/mol. The number of Topliss-reactive ketones (excluding diaryl/α,β-unsaturated/α-hetero) is 1. The molecule has 2 aromatic rings. The first kappa shape index (κ1) is 17.5. The molecule has 24 heavy (non-hydrogen) atoms. The van der Waals surface area contributed by atoms with Gasteiger partial charge < -0.3 is 4.55 Å². The Hall–Kier alpha value is -1.30. The van der Waals surface area contributed by atoms with Gasteiger partial charge in [-0.25, -0.2) is 0 Å². The smallest absolute Gasteiger partial charge is 0.323 e. The summed E-state index contributed by atoms with van der Waals surface area (Å²) in [6.45, 7) is 0. The van der Waals surface area contributed by atoms with Crippen LogP contribution in [0.5, 0.6) is 0 Å². The van der Waals surface area contributed by atoms with Gasteiger partial charge in [0, 0.05) is 29.4 Å². The van der Waals surface area contributed by atoms with Gasteiger partial charge in [-0.2, -0.15) is 4.98 Å². The van der Waals surface area contributed by atoms with Crippen LogP contribution in [0.25, 0.3) is 0 Å². The van der Waals surface area contributed by atoms with Gasteiger partial charge in [0.2, 0.25) is 0 Å². The van der Waals surface area contributed by atoms with E-state index in [1.165, 1.54) is 0 Å². The quantitative estimate of drug-likeness (QED) is 0.761. The lowest BCUT2D eigenvalue weighted by atomic mass is 9.67. The van der Waals surface area contributed by atoms with Crippen LogP contribution in [0.4, 0.5) is 0 Å². The first-order valence-electron chi connectivity index (χ1n) is 8.18. The van der Waals surface area contributed by atoms with E-state index in [1.807, 2.05) is 24.3 Å². The minimum absolute atomic E-state index is 0.00742. The predicted octanol–water partition coefficient (Wildman–Crippen LogP) is 3.65. The maximum absolute atomic E-state index is 13.2. The molecule has 1 aliphatic rings. The molecule has 3 rings (SSSR count). The van der Waals surface area contributed by atoms with E-state index in [2.05, 4.69) is 4.98 Å². The van der Waals surface area contributed by atoms with Gasteiger partial charge in [0.25, 0.3) is 0 Å². The first-order chi connectivity index (χ1) is 11.5. The molecule has 0 aliphatic heterocycles. The third-order valence-electron chi connectivity index (χ3n) is 4.88. The molecule has 0 saturated heterocycles. The van der Waals surface area contributed by atoms with Gasteiger partial charge in [-0.1, -0.05) is 43.0 Å². The Kier molecular flexibility index (Phi) is 5.33. The highest BCUT2D eigenvalue weighted by atomic mass is 35.5. The summed E-state index contributed by atoms with van der Waals surface area (Å²) >= 11 is 4.58. The SMILES string of the molecule is Cn1ccnc1[S+]([O-])CC(=O)C1(c2ccc(Cl)cc2)CCCCC1. The molecule has 1 heterocycles. The van der Waals surface area contributed by atoms with Crippen LogP contribution >= 0.6 is 11.6 Å². The van der Waals surface area contributed by atoms with Crippen molar-refractivity contribution >= 4 is 28.6 Å². The third kappa shape index (κ3) is 3.39. The summed E-state index contributed by atoms with van der Waals surface area (Å²) in [6, 6.07) is 7.54. The summed E-state index contributed by atoms with van der Waals surface area (Å²) in [6.07, 6.45) is 8.15. The number of carbonyl (C=O) groups excluding carboxylic acids is 1. The van der Waals surface area contributed by atoms with E-state index in [0.29, 0.717) is 10.2 Å². The number of rotatable bonds is 5. The van der Waals surface area contributed by atoms with Crippen molar-refractivity contribution in [3.63, 3.8) is 0 Å². The van der Waals surface area contributed by atoms with E-state index in [-0.39, 0.29) is 11.5 Å². The molecule has 4 nitrogen and oxygen atoms in total. The summed E-state index contributed by atoms with van der Waals surface area (Å²) in [7, 11) is 1.79. The fraction of sp³-hybridized carbons (Fsp3) is 0.444. The van der Waals surface area contributed by atoms with Crippen LogP contribution in [-0.4, -0.2) is 25.6 Å². The van der Waals surface area contributed by atoms with Crippen molar-refractivity contribution in [2.24, 2.45) is 7.05 Å². The van der Waals surface area contributed by atoms with Crippen LogP contribution in [0, 0.1) is 0 Å². The van der Waals surface area contributed by atoms with Crippen LogP contribution in [0.1, 0.15) is 37.7 Å². The molecule has 1 fully saturated rings. The van der Waals surface area contributed by atoms with Gasteiger partial charge in [0.1, 0.15) is 0 Å². The second-order valence-corrected chi connectivity index (χ2v) is 8.16. The number of aromatic nitrogens is 2. The molecule has 0 spiro atoms. The van der Waals surface area contributed by atoms with Crippen molar-refractivity contribution in [3.05, 3.63) is 47.2 Å². The van der Waals surface area contributed by atoms with E-state index >= 15 is 0 Å². The second-order valence-electron chi connectivity index (χ2n) is 6.38. The Bertz CT molecular complexity index is 708. The van der Waals surface area contributed by atoms with Crippen LogP contribution in [0.15, 0.2) is 41.8 Å². The number of benzene rings is 1. The Morgan fingerprint density at radius 2 is 1.96 bits per heavy atom. The highest BCUT2D eigenvalue weighted by Crippen LogP contribution is 2.41. The van der Waals surface area contributed by atoms with E-state index in [4.69, 9.17) is 11.6 Å². The van der Waals surface area contributed by atoms with Crippen molar-refractivity contribution in [1.82, 2.24) is 9.55 Å². The zero-order chi connectivity index (χ0) is 17.2. The van der Waals surface area contributed by atoms with E-state index in [9.17, 15) is 9.35 Å². The van der Waals surface area contributed by atoms with E-state index in [1.54, 1.807) is 24.0 Å². The molecule has 1 unspecified atom stereocenters. The van der Waals surface area contributed by atoms with Crippen LogP contribution in [0.2, 0.25) is 5.02 Å². The summed E-state index contributed by atoms with van der Waals surface area (Å²) in [4.78, 5) is 17.3. The lowest BCUT2D eigenvalue weighted by Gasteiger charge is -2.36. The highest BCUT2D eigenvalue weighted by Gasteiger charge is 2.43. The van der Waals surface area contributed by atoms with Crippen molar-refractivity contribution in [2.45, 2.75) is 42.7 Å². The minimum Gasteiger partial charge on any atom is -0.609 e. The number of ketones is 1. The average molecular weight is 365 g/mol. The summed E-state index contributed by atoms with van der Waals surface area (Å²) in [5.74, 6) is 0.0545. The number of halogens is 1. The molecule has 128 valence electrons. The largest absolute Gasteiger partial charge is 0.609 e. The van der Waals surface area contributed by atoms with Crippen molar-refractivity contribution < 1.29 is 9.35 Å². The summed E-state index contributed by atoms with van der Waals surface area (Å²) in [5.41, 5.74) is 0.456. The molecule has 6 heteroatoms. The molecule has 0 radical (unpaired) electrons.